The number of carboxylic acid groups (broad SMARTS) is 1. The topological polar surface area (TPSA) is 78.4 Å². The highest BCUT2D eigenvalue weighted by Crippen LogP contribution is 2.36. The second-order valence-corrected chi connectivity index (χ2v) is 7.09. The first-order valence-electron chi connectivity index (χ1n) is 9.36. The summed E-state index contributed by atoms with van der Waals surface area (Å²) in [6.45, 7) is 0. The lowest BCUT2D eigenvalue weighted by molar-refractivity contribution is -0.137. The Morgan fingerprint density at radius 1 is 0.966 bits per heavy atom. The van der Waals surface area contributed by atoms with E-state index in [2.05, 4.69) is 10.6 Å². The van der Waals surface area contributed by atoms with Crippen molar-refractivity contribution in [3.8, 4) is 0 Å². The molecule has 0 bridgehead atoms. The third-order valence-electron chi connectivity index (χ3n) is 4.97. The largest absolute Gasteiger partial charge is 0.478 e. The van der Waals surface area contributed by atoms with Crippen LogP contribution in [0.4, 0.5) is 30.2 Å². The Labute approximate surface area is 165 Å². The first-order chi connectivity index (χ1) is 13.7. The minimum absolute atomic E-state index is 0.0103. The molecule has 3 rings (SSSR count). The van der Waals surface area contributed by atoms with Gasteiger partial charge < -0.3 is 15.7 Å². The third-order valence-corrected chi connectivity index (χ3v) is 4.97. The number of aromatic carboxylic acids is 1. The van der Waals surface area contributed by atoms with Gasteiger partial charge in [0.2, 0.25) is 5.91 Å². The van der Waals surface area contributed by atoms with Crippen molar-refractivity contribution >= 4 is 28.9 Å². The fourth-order valence-electron chi connectivity index (χ4n) is 3.42. The van der Waals surface area contributed by atoms with Crippen LogP contribution in [0.3, 0.4) is 0 Å². The quantitative estimate of drug-likeness (QED) is 0.598. The number of halogens is 3. The Balaban J connectivity index is 1.90. The molecule has 0 unspecified atom stereocenters. The summed E-state index contributed by atoms with van der Waals surface area (Å²) in [6, 6.07) is 8.93. The molecule has 1 aliphatic rings. The van der Waals surface area contributed by atoms with Crippen molar-refractivity contribution in [3.63, 3.8) is 0 Å². The summed E-state index contributed by atoms with van der Waals surface area (Å²) in [4.78, 5) is 23.7. The van der Waals surface area contributed by atoms with E-state index >= 15 is 0 Å². The molecule has 0 spiro atoms. The molecule has 0 aliphatic heterocycles. The average molecular weight is 406 g/mol. The Bertz CT molecular complexity index is 906. The molecule has 0 radical (unpaired) electrons. The summed E-state index contributed by atoms with van der Waals surface area (Å²) in [6.07, 6.45) is -0.212. The third kappa shape index (κ3) is 5.28. The molecule has 2 aromatic rings. The van der Waals surface area contributed by atoms with Crippen LogP contribution in [0.5, 0.6) is 0 Å². The Kier molecular flexibility index (Phi) is 6.10. The summed E-state index contributed by atoms with van der Waals surface area (Å²) in [5.41, 5.74) is -0.186. The van der Waals surface area contributed by atoms with Crippen molar-refractivity contribution in [3.05, 3.63) is 53.6 Å². The van der Waals surface area contributed by atoms with E-state index in [1.807, 2.05) is 0 Å². The SMILES string of the molecule is O=C(O)c1cccc(Nc2ccc(C(F)(F)F)cc2NC(=O)C2CCCCC2)c1. The van der Waals surface area contributed by atoms with Gasteiger partial charge in [0, 0.05) is 11.6 Å². The lowest BCUT2D eigenvalue weighted by Crippen LogP contribution is -2.25. The Morgan fingerprint density at radius 3 is 2.34 bits per heavy atom. The molecule has 0 heterocycles. The van der Waals surface area contributed by atoms with Crippen LogP contribution in [-0.4, -0.2) is 17.0 Å². The van der Waals surface area contributed by atoms with E-state index in [9.17, 15) is 22.8 Å². The molecule has 5 nitrogen and oxygen atoms in total. The van der Waals surface area contributed by atoms with Gasteiger partial charge in [-0.3, -0.25) is 4.79 Å². The van der Waals surface area contributed by atoms with E-state index < -0.39 is 17.7 Å². The number of hydrogen-bond donors (Lipinski definition) is 3. The average Bonchev–Trinajstić information content (AvgIpc) is 2.69. The van der Waals surface area contributed by atoms with Gasteiger partial charge in [0.15, 0.2) is 0 Å². The van der Waals surface area contributed by atoms with Gasteiger partial charge in [0.05, 0.1) is 22.5 Å². The van der Waals surface area contributed by atoms with Gasteiger partial charge in [0.1, 0.15) is 0 Å². The van der Waals surface area contributed by atoms with Gasteiger partial charge in [-0.05, 0) is 49.2 Å². The van der Waals surface area contributed by atoms with E-state index in [4.69, 9.17) is 5.11 Å². The summed E-state index contributed by atoms with van der Waals surface area (Å²) in [5.74, 6) is -1.64. The lowest BCUT2D eigenvalue weighted by Gasteiger charge is -2.22. The predicted octanol–water partition coefficient (Wildman–Crippen LogP) is 5.67. The molecule has 1 saturated carbocycles. The second-order valence-electron chi connectivity index (χ2n) is 7.09. The molecular formula is C21H21F3N2O3. The highest BCUT2D eigenvalue weighted by atomic mass is 19.4. The van der Waals surface area contributed by atoms with Gasteiger partial charge >= 0.3 is 12.1 Å². The minimum Gasteiger partial charge on any atom is -0.478 e. The van der Waals surface area contributed by atoms with Gasteiger partial charge in [-0.25, -0.2) is 4.79 Å². The molecule has 0 aromatic heterocycles. The number of carboxylic acids is 1. The maximum atomic E-state index is 13.2. The van der Waals surface area contributed by atoms with E-state index in [0.717, 1.165) is 31.4 Å². The molecule has 1 fully saturated rings. The van der Waals surface area contributed by atoms with Crippen molar-refractivity contribution in [2.75, 3.05) is 10.6 Å². The van der Waals surface area contributed by atoms with Crippen LogP contribution in [0.25, 0.3) is 0 Å². The summed E-state index contributed by atoms with van der Waals surface area (Å²) < 4.78 is 39.5. The second kappa shape index (κ2) is 8.55. The minimum atomic E-state index is -4.55. The van der Waals surface area contributed by atoms with Crippen LogP contribution in [0, 0.1) is 5.92 Å². The molecule has 1 amide bonds. The van der Waals surface area contributed by atoms with Crippen LogP contribution in [0.15, 0.2) is 42.5 Å². The highest BCUT2D eigenvalue weighted by Gasteiger charge is 2.31. The van der Waals surface area contributed by atoms with E-state index in [1.165, 1.54) is 24.3 Å². The van der Waals surface area contributed by atoms with Crippen LogP contribution in [0.2, 0.25) is 0 Å². The van der Waals surface area contributed by atoms with E-state index in [1.54, 1.807) is 6.07 Å². The van der Waals surface area contributed by atoms with Crippen molar-refractivity contribution in [1.29, 1.82) is 0 Å². The molecule has 0 atom stereocenters. The van der Waals surface area contributed by atoms with Crippen LogP contribution in [0.1, 0.15) is 48.0 Å². The molecule has 2 aromatic carbocycles. The van der Waals surface area contributed by atoms with E-state index in [0.29, 0.717) is 18.5 Å². The van der Waals surface area contributed by atoms with Crippen LogP contribution < -0.4 is 10.6 Å². The zero-order valence-electron chi connectivity index (χ0n) is 15.6. The van der Waals surface area contributed by atoms with Crippen molar-refractivity contribution in [1.82, 2.24) is 0 Å². The fourth-order valence-corrected chi connectivity index (χ4v) is 3.42. The number of anilines is 3. The normalized spacial score (nSPS) is 15.0. The van der Waals surface area contributed by atoms with Gasteiger partial charge in [0.25, 0.3) is 0 Å². The van der Waals surface area contributed by atoms with Gasteiger partial charge in [-0.15, -0.1) is 0 Å². The molecule has 3 N–H and O–H groups in total. The number of rotatable bonds is 5. The number of hydrogen-bond acceptors (Lipinski definition) is 3. The predicted molar refractivity (Wildman–Crippen MR) is 103 cm³/mol. The van der Waals surface area contributed by atoms with Crippen molar-refractivity contribution in [2.45, 2.75) is 38.3 Å². The maximum Gasteiger partial charge on any atom is 0.416 e. The molecule has 8 heteroatoms. The molecule has 29 heavy (non-hydrogen) atoms. The molecule has 0 saturated heterocycles. The first-order valence-corrected chi connectivity index (χ1v) is 9.36. The Morgan fingerprint density at radius 2 is 1.69 bits per heavy atom. The maximum absolute atomic E-state index is 13.2. The molecular weight excluding hydrogens is 385 g/mol. The van der Waals surface area contributed by atoms with Gasteiger partial charge in [-0.1, -0.05) is 25.3 Å². The summed E-state index contributed by atoms with van der Waals surface area (Å²) in [7, 11) is 0. The number of nitrogens with one attached hydrogen (secondary N) is 2. The molecule has 1 aliphatic carbocycles. The van der Waals surface area contributed by atoms with Crippen molar-refractivity contribution < 1.29 is 27.9 Å². The number of carbonyl (C=O) groups excluding carboxylic acids is 1. The highest BCUT2D eigenvalue weighted by molar-refractivity contribution is 5.96. The summed E-state index contributed by atoms with van der Waals surface area (Å²) >= 11 is 0. The summed E-state index contributed by atoms with van der Waals surface area (Å²) in [5, 5.41) is 14.7. The number of benzene rings is 2. The standard InChI is InChI=1S/C21H21F3N2O3/c22-21(23,24)15-9-10-17(25-16-8-4-7-14(11-16)20(28)29)18(12-15)26-19(27)13-5-2-1-3-6-13/h4,7-13,25H,1-3,5-6H2,(H,26,27)(H,28,29). The van der Waals surface area contributed by atoms with Crippen LogP contribution in [-0.2, 0) is 11.0 Å². The van der Waals surface area contributed by atoms with Crippen LogP contribution >= 0.6 is 0 Å². The van der Waals surface area contributed by atoms with E-state index in [-0.39, 0.29) is 28.8 Å². The van der Waals surface area contributed by atoms with Crippen molar-refractivity contribution in [2.24, 2.45) is 5.92 Å². The zero-order chi connectivity index (χ0) is 21.0. The fraction of sp³-hybridized carbons (Fsp3) is 0.333. The number of alkyl halides is 3. The smallest absolute Gasteiger partial charge is 0.416 e. The lowest BCUT2D eigenvalue weighted by atomic mass is 9.88. The molecule has 154 valence electrons. The Hall–Kier alpha value is -3.03. The monoisotopic (exact) mass is 406 g/mol. The number of carbonyl (C=O) groups is 2. The number of amides is 1. The zero-order valence-corrected chi connectivity index (χ0v) is 15.6. The van der Waals surface area contributed by atoms with Gasteiger partial charge in [-0.2, -0.15) is 13.2 Å². The first kappa shape index (κ1) is 20.7.